The van der Waals surface area contributed by atoms with Crippen LogP contribution in [0.1, 0.15) is 54.9 Å². The third kappa shape index (κ3) is 3.48. The Hall–Kier alpha value is -0.0400. The van der Waals surface area contributed by atoms with Gasteiger partial charge in [0.05, 0.1) is 0 Å². The largest absolute Gasteiger partial charge is 0.298 e. The van der Waals surface area contributed by atoms with Gasteiger partial charge in [-0.3, -0.25) is 4.90 Å². The van der Waals surface area contributed by atoms with Gasteiger partial charge in [0.25, 0.3) is 0 Å². The molecule has 1 fully saturated rings. The van der Waals surface area contributed by atoms with Gasteiger partial charge in [0.1, 0.15) is 0 Å². The molecule has 1 nitrogen and oxygen atoms in total. The Bertz CT molecular complexity index is 184. The number of nitrogens with zero attached hydrogens (tertiary/aromatic N) is 1. The molecule has 0 spiro atoms. The molecule has 1 rings (SSSR count). The van der Waals surface area contributed by atoms with E-state index in [1.54, 1.807) is 0 Å². The van der Waals surface area contributed by atoms with Gasteiger partial charge in [-0.05, 0) is 44.4 Å². The molecule has 1 heterocycles. The number of likely N-dealkylation sites (tertiary alicyclic amines) is 1. The van der Waals surface area contributed by atoms with E-state index in [-0.39, 0.29) is 0 Å². The molecule has 0 amide bonds. The van der Waals surface area contributed by atoms with E-state index in [4.69, 9.17) is 0 Å². The monoisotopic (exact) mass is 211 g/mol. The lowest BCUT2D eigenvalue weighted by Gasteiger charge is -2.47. The van der Waals surface area contributed by atoms with Gasteiger partial charge in [0.2, 0.25) is 0 Å². The van der Waals surface area contributed by atoms with Crippen molar-refractivity contribution in [3.8, 4) is 0 Å². The highest BCUT2D eigenvalue weighted by molar-refractivity contribution is 4.89. The molecule has 1 aliphatic heterocycles. The number of rotatable bonds is 0. The van der Waals surface area contributed by atoms with E-state index < -0.39 is 0 Å². The molecule has 1 aliphatic rings. The smallest absolute Gasteiger partial charge is 0.0125 e. The molecule has 2 atom stereocenters. The second kappa shape index (κ2) is 4.08. The predicted octanol–water partition coefficient (Wildman–Crippen LogP) is 3.79. The maximum absolute atomic E-state index is 2.66. The lowest BCUT2D eigenvalue weighted by Crippen LogP contribution is -2.52. The molecule has 15 heavy (non-hydrogen) atoms. The van der Waals surface area contributed by atoms with E-state index in [9.17, 15) is 0 Å². The normalized spacial score (nSPS) is 30.6. The van der Waals surface area contributed by atoms with Crippen LogP contribution in [0.4, 0.5) is 0 Å². The summed E-state index contributed by atoms with van der Waals surface area (Å²) in [6, 6.07) is 0. The van der Waals surface area contributed by atoms with Crippen LogP contribution in [-0.4, -0.2) is 23.5 Å². The first-order valence-electron chi connectivity index (χ1n) is 6.36. The van der Waals surface area contributed by atoms with Crippen LogP contribution in [0.3, 0.4) is 0 Å². The predicted molar refractivity (Wildman–Crippen MR) is 68.1 cm³/mol. The third-order valence-corrected chi connectivity index (χ3v) is 3.83. The molecule has 0 aliphatic carbocycles. The Morgan fingerprint density at radius 3 is 1.87 bits per heavy atom. The molecular formula is C14H29N. The summed E-state index contributed by atoms with van der Waals surface area (Å²) < 4.78 is 0. The zero-order chi connectivity index (χ0) is 11.9. The van der Waals surface area contributed by atoms with Gasteiger partial charge in [-0.15, -0.1) is 0 Å². The average molecular weight is 211 g/mol. The highest BCUT2D eigenvalue weighted by Crippen LogP contribution is 2.37. The molecule has 90 valence electrons. The van der Waals surface area contributed by atoms with Crippen LogP contribution in [0.2, 0.25) is 0 Å². The zero-order valence-corrected chi connectivity index (χ0v) is 11.7. The van der Waals surface area contributed by atoms with E-state index in [0.29, 0.717) is 11.0 Å². The van der Waals surface area contributed by atoms with Crippen molar-refractivity contribution in [1.29, 1.82) is 0 Å². The second-order valence-corrected chi connectivity index (χ2v) is 7.48. The first-order valence-corrected chi connectivity index (χ1v) is 6.36. The molecule has 2 unspecified atom stereocenters. The van der Waals surface area contributed by atoms with Crippen molar-refractivity contribution in [3.05, 3.63) is 0 Å². The summed E-state index contributed by atoms with van der Waals surface area (Å²) in [4.78, 5) is 2.66. The number of hydrogen-bond acceptors (Lipinski definition) is 1. The van der Waals surface area contributed by atoms with Crippen molar-refractivity contribution in [2.75, 3.05) is 13.1 Å². The fraction of sp³-hybridized carbons (Fsp3) is 1.00. The van der Waals surface area contributed by atoms with Crippen LogP contribution >= 0.6 is 0 Å². The number of hydrogen-bond donors (Lipinski definition) is 0. The standard InChI is InChI=1S/C14H29N/c1-11-8-12(13(2,3)4)10-15(9-11)14(5,6)7/h11-12H,8-10H2,1-7H3. The first kappa shape index (κ1) is 13.0. The van der Waals surface area contributed by atoms with Crippen molar-refractivity contribution in [3.63, 3.8) is 0 Å². The lowest BCUT2D eigenvalue weighted by atomic mass is 9.73. The van der Waals surface area contributed by atoms with Gasteiger partial charge in [-0.2, -0.15) is 0 Å². The van der Waals surface area contributed by atoms with Crippen LogP contribution in [0, 0.1) is 17.3 Å². The fourth-order valence-corrected chi connectivity index (χ4v) is 2.53. The van der Waals surface area contributed by atoms with Gasteiger partial charge in [0, 0.05) is 18.6 Å². The van der Waals surface area contributed by atoms with E-state index in [2.05, 4.69) is 53.4 Å². The minimum absolute atomic E-state index is 0.332. The molecule has 1 heteroatoms. The molecule has 0 aromatic carbocycles. The Morgan fingerprint density at radius 2 is 1.47 bits per heavy atom. The SMILES string of the molecule is CC1CC(C(C)(C)C)CN(C(C)(C)C)C1. The van der Waals surface area contributed by atoms with Crippen molar-refractivity contribution < 1.29 is 0 Å². The Balaban J connectivity index is 2.73. The molecule has 0 radical (unpaired) electrons. The summed E-state index contributed by atoms with van der Waals surface area (Å²) in [6.45, 7) is 19.1. The molecule has 0 aromatic heterocycles. The zero-order valence-electron chi connectivity index (χ0n) is 11.7. The fourth-order valence-electron chi connectivity index (χ4n) is 2.53. The summed E-state index contributed by atoms with van der Waals surface area (Å²) in [5.74, 6) is 1.70. The Kier molecular flexibility index (Phi) is 3.55. The topological polar surface area (TPSA) is 3.24 Å². The van der Waals surface area contributed by atoms with Gasteiger partial charge < -0.3 is 0 Å². The van der Waals surface area contributed by atoms with Crippen LogP contribution in [0.25, 0.3) is 0 Å². The van der Waals surface area contributed by atoms with Crippen molar-refractivity contribution in [1.82, 2.24) is 4.90 Å². The van der Waals surface area contributed by atoms with Crippen LogP contribution in [-0.2, 0) is 0 Å². The third-order valence-electron chi connectivity index (χ3n) is 3.83. The van der Waals surface area contributed by atoms with Gasteiger partial charge in [-0.1, -0.05) is 27.7 Å². The molecule has 0 N–H and O–H groups in total. The van der Waals surface area contributed by atoms with Crippen molar-refractivity contribution >= 4 is 0 Å². The Morgan fingerprint density at radius 1 is 0.933 bits per heavy atom. The summed E-state index contributed by atoms with van der Waals surface area (Å²) >= 11 is 0. The summed E-state index contributed by atoms with van der Waals surface area (Å²) in [6.07, 6.45) is 1.40. The summed E-state index contributed by atoms with van der Waals surface area (Å²) in [5.41, 5.74) is 0.788. The minimum atomic E-state index is 0.332. The van der Waals surface area contributed by atoms with Gasteiger partial charge in [0.15, 0.2) is 0 Å². The summed E-state index contributed by atoms with van der Waals surface area (Å²) in [7, 11) is 0. The molecule has 0 bridgehead atoms. The molecule has 1 saturated heterocycles. The molecule has 0 saturated carbocycles. The highest BCUT2D eigenvalue weighted by Gasteiger charge is 2.36. The average Bonchev–Trinajstić information content (AvgIpc) is 1.99. The minimum Gasteiger partial charge on any atom is -0.298 e. The van der Waals surface area contributed by atoms with E-state index >= 15 is 0 Å². The van der Waals surface area contributed by atoms with Gasteiger partial charge in [-0.25, -0.2) is 0 Å². The molecule has 0 aromatic rings. The highest BCUT2D eigenvalue weighted by atomic mass is 15.2. The van der Waals surface area contributed by atoms with Crippen molar-refractivity contribution in [2.24, 2.45) is 17.3 Å². The van der Waals surface area contributed by atoms with E-state index in [1.165, 1.54) is 19.5 Å². The lowest BCUT2D eigenvalue weighted by molar-refractivity contribution is 0.0138. The van der Waals surface area contributed by atoms with E-state index in [0.717, 1.165) is 11.8 Å². The maximum atomic E-state index is 2.66. The second-order valence-electron chi connectivity index (χ2n) is 7.48. The molecular weight excluding hydrogens is 182 g/mol. The first-order chi connectivity index (χ1) is 6.60. The van der Waals surface area contributed by atoms with Crippen LogP contribution in [0.15, 0.2) is 0 Å². The van der Waals surface area contributed by atoms with Crippen molar-refractivity contribution in [2.45, 2.75) is 60.4 Å². The summed E-state index contributed by atoms with van der Waals surface area (Å²) in [5, 5.41) is 0. The van der Waals surface area contributed by atoms with Gasteiger partial charge >= 0.3 is 0 Å². The van der Waals surface area contributed by atoms with Crippen LogP contribution < -0.4 is 0 Å². The van der Waals surface area contributed by atoms with Crippen LogP contribution in [0.5, 0.6) is 0 Å². The van der Waals surface area contributed by atoms with E-state index in [1.807, 2.05) is 0 Å². The maximum Gasteiger partial charge on any atom is 0.0125 e. The Labute approximate surface area is 96.2 Å². The number of piperidine rings is 1. The quantitative estimate of drug-likeness (QED) is 0.589.